The van der Waals surface area contributed by atoms with Crippen LogP contribution in [0.3, 0.4) is 0 Å². The number of nitrogens with two attached hydrogens (primary N) is 1. The van der Waals surface area contributed by atoms with E-state index in [1.54, 1.807) is 25.1 Å². The van der Waals surface area contributed by atoms with Crippen LogP contribution in [0.2, 0.25) is 0 Å². The van der Waals surface area contributed by atoms with Gasteiger partial charge in [-0.15, -0.1) is 0 Å². The second-order valence-corrected chi connectivity index (χ2v) is 2.66. The quantitative estimate of drug-likeness (QED) is 0.435. The largest absolute Gasteiger partial charge is 0.424 e. The first-order chi connectivity index (χ1) is 6.69. The van der Waals surface area contributed by atoms with E-state index >= 15 is 0 Å². The summed E-state index contributed by atoms with van der Waals surface area (Å²) >= 11 is 0. The average Bonchev–Trinajstić information content (AvgIpc) is 2.21. The number of rotatable bonds is 2. The summed E-state index contributed by atoms with van der Waals surface area (Å²) in [6.45, 7) is 1.69. The molecule has 0 amide bonds. The fourth-order valence-electron chi connectivity index (χ4n) is 0.925. The minimum atomic E-state index is -0.369. The number of benzene rings is 1. The maximum atomic E-state index is 11.0. The zero-order valence-electron chi connectivity index (χ0n) is 7.78. The van der Waals surface area contributed by atoms with E-state index in [4.69, 9.17) is 15.7 Å². The number of para-hydroxylation sites is 1. The fourth-order valence-corrected chi connectivity index (χ4v) is 0.925. The Bertz CT molecular complexity index is 394. The number of carbonyl (C=O) groups excluding carboxylic acids is 1. The topological polar surface area (TPSA) is 76.1 Å². The fraction of sp³-hybridized carbons (Fsp3) is 0.200. The summed E-state index contributed by atoms with van der Waals surface area (Å²) in [5.41, 5.74) is 6.11. The Balaban J connectivity index is 2.99. The molecule has 4 nitrogen and oxygen atoms in total. The van der Waals surface area contributed by atoms with Gasteiger partial charge in [0.2, 0.25) is 0 Å². The van der Waals surface area contributed by atoms with Gasteiger partial charge in [0.25, 0.3) is 0 Å². The van der Waals surface area contributed by atoms with Crippen LogP contribution in [0.1, 0.15) is 18.9 Å². The van der Waals surface area contributed by atoms with E-state index in [-0.39, 0.29) is 23.8 Å². The molecule has 0 heterocycles. The van der Waals surface area contributed by atoms with Gasteiger partial charge in [0.05, 0.1) is 11.3 Å². The summed E-state index contributed by atoms with van der Waals surface area (Å²) in [4.78, 5) is 11.0. The van der Waals surface area contributed by atoms with E-state index in [9.17, 15) is 4.79 Å². The maximum absolute atomic E-state index is 11.0. The van der Waals surface area contributed by atoms with Crippen molar-refractivity contribution in [2.24, 2.45) is 0 Å². The zero-order chi connectivity index (χ0) is 10.6. The minimum Gasteiger partial charge on any atom is -0.424 e. The number of esters is 1. The Hall–Kier alpha value is -2.02. The van der Waals surface area contributed by atoms with E-state index in [1.165, 1.54) is 0 Å². The normalized spacial score (nSPS) is 9.14. The molecule has 0 aliphatic heterocycles. The van der Waals surface area contributed by atoms with Crippen LogP contribution < -0.4 is 10.5 Å². The standard InChI is InChI=1S/C10H10N2O2/c1-2-9(13)14-8-5-3-4-7(6-11)10(8)12/h3-5H,2,12H2,1H3. The lowest BCUT2D eigenvalue weighted by Crippen LogP contribution is -2.07. The van der Waals surface area contributed by atoms with Crippen molar-refractivity contribution in [3.63, 3.8) is 0 Å². The summed E-state index contributed by atoms with van der Waals surface area (Å²) < 4.78 is 4.92. The molecule has 14 heavy (non-hydrogen) atoms. The lowest BCUT2D eigenvalue weighted by Gasteiger charge is -2.06. The second kappa shape index (κ2) is 4.28. The van der Waals surface area contributed by atoms with Gasteiger partial charge < -0.3 is 10.5 Å². The van der Waals surface area contributed by atoms with Gasteiger partial charge in [-0.25, -0.2) is 0 Å². The molecule has 4 heteroatoms. The van der Waals surface area contributed by atoms with Gasteiger partial charge in [0.1, 0.15) is 6.07 Å². The van der Waals surface area contributed by atoms with Gasteiger partial charge in [0.15, 0.2) is 5.75 Å². The Kier molecular flexibility index (Phi) is 3.08. The van der Waals surface area contributed by atoms with E-state index in [0.29, 0.717) is 5.56 Å². The molecule has 0 unspecified atom stereocenters. The van der Waals surface area contributed by atoms with E-state index in [1.807, 2.05) is 6.07 Å². The third-order valence-electron chi connectivity index (χ3n) is 1.70. The molecule has 1 rings (SSSR count). The number of carbonyl (C=O) groups is 1. The molecule has 0 atom stereocenters. The van der Waals surface area contributed by atoms with Crippen molar-refractivity contribution in [1.29, 1.82) is 5.26 Å². The maximum Gasteiger partial charge on any atom is 0.310 e. The van der Waals surface area contributed by atoms with Gasteiger partial charge >= 0.3 is 5.97 Å². The molecule has 0 saturated heterocycles. The van der Waals surface area contributed by atoms with Crippen LogP contribution in [0, 0.1) is 11.3 Å². The number of hydrogen-bond donors (Lipinski definition) is 1. The van der Waals surface area contributed by atoms with E-state index in [2.05, 4.69) is 0 Å². The molecule has 0 aromatic heterocycles. The van der Waals surface area contributed by atoms with Crippen LogP contribution in [0.25, 0.3) is 0 Å². The van der Waals surface area contributed by atoms with Crippen LogP contribution in [-0.4, -0.2) is 5.97 Å². The number of nitrogens with zero attached hydrogens (tertiary/aromatic N) is 1. The third kappa shape index (κ3) is 2.02. The molecule has 0 saturated carbocycles. The Morgan fingerprint density at radius 1 is 1.64 bits per heavy atom. The number of anilines is 1. The molecule has 2 N–H and O–H groups in total. The average molecular weight is 190 g/mol. The van der Waals surface area contributed by atoms with Crippen molar-refractivity contribution < 1.29 is 9.53 Å². The summed E-state index contributed by atoms with van der Waals surface area (Å²) in [6.07, 6.45) is 0.274. The molecule has 0 spiro atoms. The predicted octanol–water partition coefficient (Wildman–Crippen LogP) is 1.46. The molecule has 1 aromatic rings. The van der Waals surface area contributed by atoms with Crippen molar-refractivity contribution in [2.45, 2.75) is 13.3 Å². The molecule has 0 aliphatic rings. The van der Waals surface area contributed by atoms with Crippen LogP contribution in [0.5, 0.6) is 5.75 Å². The smallest absolute Gasteiger partial charge is 0.310 e. The number of nitriles is 1. The second-order valence-electron chi connectivity index (χ2n) is 2.66. The predicted molar refractivity (Wildman–Crippen MR) is 51.5 cm³/mol. The van der Waals surface area contributed by atoms with Gasteiger partial charge in [0, 0.05) is 6.42 Å². The minimum absolute atomic E-state index is 0.205. The molecule has 1 aromatic carbocycles. The van der Waals surface area contributed by atoms with Crippen molar-refractivity contribution in [3.05, 3.63) is 23.8 Å². The highest BCUT2D eigenvalue weighted by molar-refractivity contribution is 5.75. The first-order valence-corrected chi connectivity index (χ1v) is 4.18. The molecule has 0 aliphatic carbocycles. The Labute approximate surface area is 81.9 Å². The van der Waals surface area contributed by atoms with Crippen molar-refractivity contribution in [1.82, 2.24) is 0 Å². The monoisotopic (exact) mass is 190 g/mol. The molecule has 0 bridgehead atoms. The van der Waals surface area contributed by atoms with E-state index < -0.39 is 0 Å². The highest BCUT2D eigenvalue weighted by atomic mass is 16.5. The third-order valence-corrected chi connectivity index (χ3v) is 1.70. The lowest BCUT2D eigenvalue weighted by molar-refractivity contribution is -0.133. The zero-order valence-corrected chi connectivity index (χ0v) is 7.78. The van der Waals surface area contributed by atoms with Gasteiger partial charge in [-0.05, 0) is 12.1 Å². The van der Waals surface area contributed by atoms with E-state index in [0.717, 1.165) is 0 Å². The summed E-state index contributed by atoms with van der Waals surface area (Å²) in [5, 5.41) is 8.66. The summed E-state index contributed by atoms with van der Waals surface area (Å²) in [5.74, 6) is -0.123. The number of hydrogen-bond acceptors (Lipinski definition) is 4. The van der Waals surface area contributed by atoms with Crippen molar-refractivity contribution in [3.8, 4) is 11.8 Å². The SMILES string of the molecule is CCC(=O)Oc1cccc(C#N)c1N. The number of nitrogen functional groups attached to an aromatic ring is 1. The van der Waals surface area contributed by atoms with Gasteiger partial charge in [-0.1, -0.05) is 13.0 Å². The Morgan fingerprint density at radius 3 is 2.93 bits per heavy atom. The first kappa shape index (κ1) is 10.1. The first-order valence-electron chi connectivity index (χ1n) is 4.18. The number of ether oxygens (including phenoxy) is 1. The highest BCUT2D eigenvalue weighted by Crippen LogP contribution is 2.24. The summed E-state index contributed by atoms with van der Waals surface area (Å²) in [7, 11) is 0. The van der Waals surface area contributed by atoms with Gasteiger partial charge in [-0.2, -0.15) is 5.26 Å². The summed E-state index contributed by atoms with van der Waals surface area (Å²) in [6, 6.07) is 6.66. The molecular weight excluding hydrogens is 180 g/mol. The van der Waals surface area contributed by atoms with Crippen LogP contribution in [0.15, 0.2) is 18.2 Å². The van der Waals surface area contributed by atoms with Crippen LogP contribution in [-0.2, 0) is 4.79 Å². The lowest BCUT2D eigenvalue weighted by atomic mass is 10.2. The van der Waals surface area contributed by atoms with Crippen LogP contribution >= 0.6 is 0 Å². The molecule has 0 fully saturated rings. The van der Waals surface area contributed by atoms with Crippen molar-refractivity contribution in [2.75, 3.05) is 5.73 Å². The molecular formula is C10H10N2O2. The van der Waals surface area contributed by atoms with Gasteiger partial charge in [-0.3, -0.25) is 4.79 Å². The molecule has 72 valence electrons. The highest BCUT2D eigenvalue weighted by Gasteiger charge is 2.08. The van der Waals surface area contributed by atoms with Crippen LogP contribution in [0.4, 0.5) is 5.69 Å². The Morgan fingerprint density at radius 2 is 2.36 bits per heavy atom. The molecule has 0 radical (unpaired) electrons. The van der Waals surface area contributed by atoms with Crippen molar-refractivity contribution >= 4 is 11.7 Å².